The molecule has 1 aromatic carbocycles. The zero-order valence-electron chi connectivity index (χ0n) is 14.0. The van der Waals surface area contributed by atoms with Crippen molar-refractivity contribution in [2.24, 2.45) is 0 Å². The average Bonchev–Trinajstić information content (AvgIpc) is 2.96. The van der Waals surface area contributed by atoms with Crippen molar-refractivity contribution in [1.29, 1.82) is 0 Å². The van der Waals surface area contributed by atoms with E-state index in [0.717, 1.165) is 11.3 Å². The van der Waals surface area contributed by atoms with E-state index in [2.05, 4.69) is 20.3 Å². The van der Waals surface area contributed by atoms with E-state index in [1.165, 1.54) is 17.8 Å². The zero-order valence-corrected chi connectivity index (χ0v) is 14.8. The number of nitrogens with zero attached hydrogens (tertiary/aromatic N) is 3. The molecular weight excluding hydrogens is 342 g/mol. The number of nitrogens with one attached hydrogen (secondary N) is 2. The Morgan fingerprint density at radius 2 is 2.04 bits per heavy atom. The topological polar surface area (TPSA) is 91.6 Å². The number of hydrogen-bond acceptors (Lipinski definition) is 4. The van der Waals surface area contributed by atoms with Crippen molar-refractivity contribution >= 4 is 40.1 Å². The molecule has 128 valence electrons. The molecule has 0 aliphatic rings. The van der Waals surface area contributed by atoms with Crippen molar-refractivity contribution in [3.63, 3.8) is 0 Å². The smallest absolute Gasteiger partial charge is 0.306 e. The Labute approximate surface area is 149 Å². The van der Waals surface area contributed by atoms with Crippen LogP contribution >= 0.6 is 11.6 Å². The molecule has 1 atom stereocenters. The van der Waals surface area contributed by atoms with E-state index < -0.39 is 11.9 Å². The number of benzene rings is 1. The standard InChI is InChI=1S/C17H16ClN5O2/c1-9-4-5-12(18)13(6-9)22-17(25)15(11(3)24)23-8-21-14-10(2)19-7-20-16(14)23/h4-8,15H,1-3H3,(H,22,25)/p+1. The Balaban J connectivity index is 2.01. The van der Waals surface area contributed by atoms with Crippen molar-refractivity contribution in [1.82, 2.24) is 15.0 Å². The van der Waals surface area contributed by atoms with Gasteiger partial charge in [-0.3, -0.25) is 14.6 Å². The second kappa shape index (κ2) is 6.60. The number of carbonyl (C=O) groups excluding carboxylic acids is 2. The van der Waals surface area contributed by atoms with Crippen LogP contribution in [0.5, 0.6) is 0 Å². The molecule has 0 fully saturated rings. The Hall–Kier alpha value is -2.80. The lowest BCUT2D eigenvalue weighted by atomic mass is 10.1. The molecule has 3 aromatic rings. The van der Waals surface area contributed by atoms with Crippen LogP contribution in [0.1, 0.15) is 24.2 Å². The number of H-pyrrole nitrogens is 1. The lowest BCUT2D eigenvalue weighted by molar-refractivity contribution is -0.671. The molecule has 2 N–H and O–H groups in total. The van der Waals surface area contributed by atoms with Crippen molar-refractivity contribution in [2.45, 2.75) is 26.8 Å². The highest BCUT2D eigenvalue weighted by Gasteiger charge is 2.32. The number of fused-ring (bicyclic) bond motifs is 1. The van der Waals surface area contributed by atoms with E-state index in [-0.39, 0.29) is 5.78 Å². The zero-order chi connectivity index (χ0) is 18.1. The summed E-state index contributed by atoms with van der Waals surface area (Å²) in [5.41, 5.74) is 3.30. The van der Waals surface area contributed by atoms with Crippen LogP contribution in [0.2, 0.25) is 5.02 Å². The fourth-order valence-electron chi connectivity index (χ4n) is 2.66. The van der Waals surface area contributed by atoms with Crippen LogP contribution in [0.4, 0.5) is 5.69 Å². The van der Waals surface area contributed by atoms with Gasteiger partial charge in [0.25, 0.3) is 5.91 Å². The number of amides is 1. The predicted octanol–water partition coefficient (Wildman–Crippen LogP) is 2.28. The van der Waals surface area contributed by atoms with Gasteiger partial charge in [0.15, 0.2) is 24.0 Å². The molecule has 8 heteroatoms. The highest BCUT2D eigenvalue weighted by Crippen LogP contribution is 2.23. The van der Waals surface area contributed by atoms with Crippen LogP contribution in [0.15, 0.2) is 30.9 Å². The third-order valence-electron chi connectivity index (χ3n) is 3.90. The van der Waals surface area contributed by atoms with Crippen molar-refractivity contribution in [2.75, 3.05) is 5.32 Å². The first-order valence-corrected chi connectivity index (χ1v) is 8.03. The van der Waals surface area contributed by atoms with Gasteiger partial charge in [-0.05, 0) is 38.5 Å². The van der Waals surface area contributed by atoms with Crippen molar-refractivity contribution in [3.8, 4) is 0 Å². The minimum Gasteiger partial charge on any atom is -0.321 e. The summed E-state index contributed by atoms with van der Waals surface area (Å²) in [6.07, 6.45) is 2.95. The molecule has 7 nitrogen and oxygen atoms in total. The quantitative estimate of drug-likeness (QED) is 0.553. The fourth-order valence-corrected chi connectivity index (χ4v) is 2.83. The lowest BCUT2D eigenvalue weighted by Gasteiger charge is -2.13. The number of imidazole rings is 1. The molecule has 3 rings (SSSR count). The van der Waals surface area contributed by atoms with Gasteiger partial charge >= 0.3 is 5.65 Å². The molecule has 2 heterocycles. The van der Waals surface area contributed by atoms with Gasteiger partial charge in [-0.25, -0.2) is 9.55 Å². The Kier molecular flexibility index (Phi) is 4.50. The summed E-state index contributed by atoms with van der Waals surface area (Å²) in [4.78, 5) is 36.3. The van der Waals surface area contributed by atoms with Crippen LogP contribution in [-0.2, 0) is 9.59 Å². The van der Waals surface area contributed by atoms with Gasteiger partial charge in [-0.15, -0.1) is 0 Å². The Bertz CT molecular complexity index is 982. The molecule has 0 bridgehead atoms. The van der Waals surface area contributed by atoms with Crippen LogP contribution in [0, 0.1) is 13.8 Å². The second-order valence-corrected chi connectivity index (χ2v) is 6.23. The van der Waals surface area contributed by atoms with Gasteiger partial charge in [0.2, 0.25) is 6.04 Å². The minimum absolute atomic E-state index is 0.316. The SMILES string of the molecule is CC(=O)C(C(=O)Nc1cc(C)ccc1Cl)[n+]1c[nH]c2c(C)ncnc21. The molecule has 0 radical (unpaired) electrons. The second-order valence-electron chi connectivity index (χ2n) is 5.82. The minimum atomic E-state index is -1.07. The van der Waals surface area contributed by atoms with Gasteiger partial charge in [0, 0.05) is 0 Å². The van der Waals surface area contributed by atoms with Crippen molar-refractivity contribution in [3.05, 3.63) is 47.1 Å². The van der Waals surface area contributed by atoms with E-state index in [4.69, 9.17) is 11.6 Å². The van der Waals surface area contributed by atoms with Gasteiger partial charge < -0.3 is 5.32 Å². The van der Waals surface area contributed by atoms with Gasteiger partial charge in [-0.2, -0.15) is 0 Å². The first kappa shape index (κ1) is 17.0. The molecule has 0 saturated carbocycles. The Morgan fingerprint density at radius 3 is 2.76 bits per heavy atom. The molecule has 0 aliphatic carbocycles. The van der Waals surface area contributed by atoms with Crippen LogP contribution < -0.4 is 9.88 Å². The molecule has 0 saturated heterocycles. The normalized spacial score (nSPS) is 12.2. The van der Waals surface area contributed by atoms with E-state index in [1.807, 2.05) is 19.9 Å². The third kappa shape index (κ3) is 3.23. The monoisotopic (exact) mass is 358 g/mol. The number of aromatic nitrogens is 4. The maximum absolute atomic E-state index is 12.8. The number of aromatic amines is 1. The van der Waals surface area contributed by atoms with Gasteiger partial charge in [0.1, 0.15) is 0 Å². The summed E-state index contributed by atoms with van der Waals surface area (Å²) in [6, 6.07) is 4.22. The molecule has 1 unspecified atom stereocenters. The van der Waals surface area contributed by atoms with Crippen LogP contribution in [-0.4, -0.2) is 26.6 Å². The highest BCUT2D eigenvalue weighted by molar-refractivity contribution is 6.33. The van der Waals surface area contributed by atoms with Gasteiger partial charge in [-0.1, -0.05) is 22.7 Å². The predicted molar refractivity (Wildman–Crippen MR) is 93.4 cm³/mol. The van der Waals surface area contributed by atoms with Crippen LogP contribution in [0.3, 0.4) is 0 Å². The highest BCUT2D eigenvalue weighted by atomic mass is 35.5. The van der Waals surface area contributed by atoms with E-state index in [1.54, 1.807) is 18.5 Å². The molecule has 1 amide bonds. The number of Topliss-reactive ketones (excluding diaryl/α,β-unsaturated/α-hetero) is 1. The summed E-state index contributed by atoms with van der Waals surface area (Å²) in [7, 11) is 0. The number of rotatable bonds is 4. The molecule has 0 aliphatic heterocycles. The van der Waals surface area contributed by atoms with Crippen molar-refractivity contribution < 1.29 is 14.2 Å². The number of hydrogen-bond donors (Lipinski definition) is 2. The average molecular weight is 359 g/mol. The number of ketones is 1. The molecule has 25 heavy (non-hydrogen) atoms. The summed E-state index contributed by atoms with van der Waals surface area (Å²) in [5, 5.41) is 3.14. The number of anilines is 1. The third-order valence-corrected chi connectivity index (χ3v) is 4.23. The first-order chi connectivity index (χ1) is 11.9. The molecular formula is C17H17ClN5O2+. The number of aryl methyl sites for hydroxylation is 2. The van der Waals surface area contributed by atoms with Gasteiger partial charge in [0.05, 0.1) is 16.4 Å². The molecule has 0 spiro atoms. The maximum atomic E-state index is 12.8. The summed E-state index contributed by atoms with van der Waals surface area (Å²) >= 11 is 6.13. The Morgan fingerprint density at radius 1 is 1.28 bits per heavy atom. The number of carbonyl (C=O) groups is 2. The van der Waals surface area contributed by atoms with E-state index in [9.17, 15) is 9.59 Å². The van der Waals surface area contributed by atoms with E-state index >= 15 is 0 Å². The largest absolute Gasteiger partial charge is 0.321 e. The van der Waals surface area contributed by atoms with Crippen LogP contribution in [0.25, 0.3) is 11.2 Å². The summed E-state index contributed by atoms with van der Waals surface area (Å²) < 4.78 is 1.51. The number of halogens is 1. The summed E-state index contributed by atoms with van der Waals surface area (Å²) in [5.74, 6) is -0.800. The fraction of sp³-hybridized carbons (Fsp3) is 0.235. The van der Waals surface area contributed by atoms with E-state index in [0.29, 0.717) is 21.9 Å². The maximum Gasteiger partial charge on any atom is 0.306 e. The first-order valence-electron chi connectivity index (χ1n) is 7.65. The summed E-state index contributed by atoms with van der Waals surface area (Å²) in [6.45, 7) is 5.07. The molecule has 2 aromatic heterocycles. The lowest BCUT2D eigenvalue weighted by Crippen LogP contribution is -2.49.